The smallest absolute Gasteiger partial charge is 0.231 e. The van der Waals surface area contributed by atoms with Crippen LogP contribution in [-0.2, 0) is 9.53 Å². The molecular weight excluding hydrogens is 404 g/mol. The van der Waals surface area contributed by atoms with Crippen LogP contribution < -0.4 is 4.90 Å². The quantitative estimate of drug-likeness (QED) is 0.632. The van der Waals surface area contributed by atoms with E-state index in [1.807, 2.05) is 16.6 Å². The van der Waals surface area contributed by atoms with Gasteiger partial charge in [-0.3, -0.25) is 4.79 Å². The van der Waals surface area contributed by atoms with Gasteiger partial charge in [0, 0.05) is 37.0 Å². The molecule has 1 spiro atoms. The monoisotopic (exact) mass is 425 g/mol. The largest absolute Gasteiger partial charge is 0.356 e. The molecule has 0 radical (unpaired) electrons. The number of nitrogens with zero attached hydrogens (tertiary/aromatic N) is 5. The second kappa shape index (κ2) is 6.71. The predicted molar refractivity (Wildman–Crippen MR) is 107 cm³/mol. The highest BCUT2D eigenvalue weighted by Gasteiger charge is 2.57. The molecule has 160 valence electrons. The average Bonchev–Trinajstić information content (AvgIpc) is 3.45. The van der Waals surface area contributed by atoms with Crippen LogP contribution in [0, 0.1) is 17.0 Å². The van der Waals surface area contributed by atoms with Crippen LogP contribution in [0.3, 0.4) is 0 Å². The Labute approximate surface area is 177 Å². The van der Waals surface area contributed by atoms with Crippen LogP contribution >= 0.6 is 0 Å². The Morgan fingerprint density at radius 1 is 1.06 bits per heavy atom. The number of amides is 1. The molecule has 2 unspecified atom stereocenters. The minimum Gasteiger partial charge on any atom is -0.356 e. The van der Waals surface area contributed by atoms with Gasteiger partial charge in [-0.05, 0) is 37.5 Å². The van der Waals surface area contributed by atoms with E-state index in [1.54, 1.807) is 17.3 Å². The number of hydrogen-bond acceptors (Lipinski definition) is 5. The molecule has 7 nitrogen and oxygen atoms in total. The molecule has 1 amide bonds. The summed E-state index contributed by atoms with van der Waals surface area (Å²) in [5, 5.41) is 4.36. The van der Waals surface area contributed by atoms with Gasteiger partial charge in [-0.1, -0.05) is 0 Å². The molecule has 0 aliphatic carbocycles. The van der Waals surface area contributed by atoms with Gasteiger partial charge in [-0.2, -0.15) is 9.61 Å². The van der Waals surface area contributed by atoms with Gasteiger partial charge >= 0.3 is 0 Å². The molecule has 31 heavy (non-hydrogen) atoms. The van der Waals surface area contributed by atoms with Crippen molar-refractivity contribution >= 4 is 17.4 Å². The number of ether oxygens (including phenoxy) is 1. The summed E-state index contributed by atoms with van der Waals surface area (Å²) in [6, 6.07) is 7.06. The molecule has 9 heteroatoms. The molecule has 3 saturated heterocycles. The maximum absolute atomic E-state index is 13.7. The number of aromatic nitrogens is 3. The van der Waals surface area contributed by atoms with Crippen LogP contribution in [0.5, 0.6) is 0 Å². The van der Waals surface area contributed by atoms with E-state index in [2.05, 4.69) is 15.0 Å². The number of carbonyl (C=O) groups excluding carboxylic acids is 1. The Morgan fingerprint density at radius 2 is 1.84 bits per heavy atom. The SMILES string of the molecule is O=C1N2C(COC2c2cc(F)cc(F)c2)CC12CCN(c1ccnc3ccnn13)CC2. The Hall–Kier alpha value is -3.07. The van der Waals surface area contributed by atoms with Gasteiger partial charge in [-0.25, -0.2) is 13.8 Å². The number of piperidine rings is 1. The van der Waals surface area contributed by atoms with Gasteiger partial charge in [0.15, 0.2) is 11.9 Å². The molecule has 0 bridgehead atoms. The van der Waals surface area contributed by atoms with E-state index in [1.165, 1.54) is 12.1 Å². The molecule has 2 aromatic heterocycles. The lowest BCUT2D eigenvalue weighted by atomic mass is 9.76. The number of rotatable bonds is 2. The third kappa shape index (κ3) is 2.83. The molecule has 1 aromatic carbocycles. The summed E-state index contributed by atoms with van der Waals surface area (Å²) < 4.78 is 35.1. The van der Waals surface area contributed by atoms with Crippen molar-refractivity contribution in [2.45, 2.75) is 31.5 Å². The fraction of sp³-hybridized carbons (Fsp3) is 0.409. The standard InChI is InChI=1S/C22H21F2N5O2/c23-15-9-14(10-16(24)11-15)20-28-17(13-31-20)12-22(21(28)30)3-7-27(8-4-22)19-2-5-25-18-1-6-26-29(18)19/h1-2,5-6,9-11,17,20H,3-4,7-8,12-13H2. The van der Waals surface area contributed by atoms with E-state index in [4.69, 9.17) is 4.74 Å². The highest BCUT2D eigenvalue weighted by atomic mass is 19.1. The van der Waals surface area contributed by atoms with Crippen molar-refractivity contribution in [1.29, 1.82) is 0 Å². The molecule has 3 aromatic rings. The van der Waals surface area contributed by atoms with Crippen LogP contribution in [0.25, 0.3) is 5.65 Å². The summed E-state index contributed by atoms with van der Waals surface area (Å²) in [4.78, 5) is 21.8. The molecule has 3 aliphatic heterocycles. The zero-order valence-corrected chi connectivity index (χ0v) is 16.7. The van der Waals surface area contributed by atoms with Crippen LogP contribution in [0.15, 0.2) is 42.7 Å². The van der Waals surface area contributed by atoms with Crippen molar-refractivity contribution in [3.63, 3.8) is 0 Å². The van der Waals surface area contributed by atoms with E-state index in [0.717, 1.165) is 30.6 Å². The summed E-state index contributed by atoms with van der Waals surface area (Å²) in [5.74, 6) is -0.339. The van der Waals surface area contributed by atoms with E-state index in [-0.39, 0.29) is 11.9 Å². The summed E-state index contributed by atoms with van der Waals surface area (Å²) in [6.45, 7) is 1.84. The maximum Gasteiger partial charge on any atom is 0.231 e. The third-order valence-corrected chi connectivity index (χ3v) is 6.89. The minimum atomic E-state index is -0.732. The van der Waals surface area contributed by atoms with Crippen molar-refractivity contribution in [2.24, 2.45) is 5.41 Å². The van der Waals surface area contributed by atoms with E-state index in [9.17, 15) is 13.6 Å². The summed E-state index contributed by atoms with van der Waals surface area (Å²) in [6.07, 6.45) is 4.91. The Balaban J connectivity index is 1.24. The molecule has 0 saturated carbocycles. The molecular formula is C22H21F2N5O2. The van der Waals surface area contributed by atoms with E-state index >= 15 is 0 Å². The number of fused-ring (bicyclic) bond motifs is 2. The molecule has 3 fully saturated rings. The van der Waals surface area contributed by atoms with Crippen LogP contribution in [0.2, 0.25) is 0 Å². The van der Waals surface area contributed by atoms with E-state index in [0.29, 0.717) is 31.4 Å². The molecule has 2 atom stereocenters. The number of hydrogen-bond donors (Lipinski definition) is 0. The average molecular weight is 425 g/mol. The van der Waals surface area contributed by atoms with Crippen LogP contribution in [0.1, 0.15) is 31.1 Å². The van der Waals surface area contributed by atoms with Crippen molar-refractivity contribution in [3.05, 3.63) is 59.9 Å². The summed E-state index contributed by atoms with van der Waals surface area (Å²) >= 11 is 0. The topological polar surface area (TPSA) is 63.0 Å². The number of anilines is 1. The van der Waals surface area contributed by atoms with Crippen molar-refractivity contribution in [1.82, 2.24) is 19.5 Å². The number of benzene rings is 1. The van der Waals surface area contributed by atoms with Gasteiger partial charge in [0.25, 0.3) is 0 Å². The maximum atomic E-state index is 13.7. The first-order valence-electron chi connectivity index (χ1n) is 10.5. The predicted octanol–water partition coefficient (Wildman–Crippen LogP) is 2.92. The van der Waals surface area contributed by atoms with Crippen molar-refractivity contribution < 1.29 is 18.3 Å². The first-order chi connectivity index (χ1) is 15.0. The Morgan fingerprint density at radius 3 is 2.61 bits per heavy atom. The van der Waals surface area contributed by atoms with Crippen LogP contribution in [-0.4, -0.2) is 51.1 Å². The van der Waals surface area contributed by atoms with Gasteiger partial charge < -0.3 is 14.5 Å². The summed E-state index contributed by atoms with van der Waals surface area (Å²) in [5.41, 5.74) is 0.684. The third-order valence-electron chi connectivity index (χ3n) is 6.89. The second-order valence-electron chi connectivity index (χ2n) is 8.63. The van der Waals surface area contributed by atoms with Gasteiger partial charge in [-0.15, -0.1) is 0 Å². The lowest BCUT2D eigenvalue weighted by molar-refractivity contribution is -0.143. The van der Waals surface area contributed by atoms with Crippen LogP contribution in [0.4, 0.5) is 14.6 Å². The summed E-state index contributed by atoms with van der Waals surface area (Å²) in [7, 11) is 0. The first-order valence-corrected chi connectivity index (χ1v) is 10.5. The highest BCUT2D eigenvalue weighted by Crippen LogP contribution is 2.50. The fourth-order valence-corrected chi connectivity index (χ4v) is 5.41. The van der Waals surface area contributed by atoms with Gasteiger partial charge in [0.2, 0.25) is 5.91 Å². The first kappa shape index (κ1) is 18.7. The zero-order valence-electron chi connectivity index (χ0n) is 16.7. The Kier molecular flexibility index (Phi) is 4.05. The molecule has 5 heterocycles. The zero-order chi connectivity index (χ0) is 21.2. The normalized spacial score (nSPS) is 25.0. The van der Waals surface area contributed by atoms with Gasteiger partial charge in [0.05, 0.1) is 24.3 Å². The van der Waals surface area contributed by atoms with E-state index < -0.39 is 23.3 Å². The second-order valence-corrected chi connectivity index (χ2v) is 8.63. The fourth-order valence-electron chi connectivity index (χ4n) is 5.41. The lowest BCUT2D eigenvalue weighted by Gasteiger charge is -2.39. The minimum absolute atomic E-state index is 0.0308. The highest BCUT2D eigenvalue weighted by molar-refractivity contribution is 5.86. The molecule has 3 aliphatic rings. The number of halogens is 2. The van der Waals surface area contributed by atoms with Crippen molar-refractivity contribution in [3.8, 4) is 0 Å². The lowest BCUT2D eigenvalue weighted by Crippen LogP contribution is -2.45. The molecule has 6 rings (SSSR count). The van der Waals surface area contributed by atoms with Gasteiger partial charge in [0.1, 0.15) is 17.5 Å². The number of carbonyl (C=O) groups is 1. The molecule has 0 N–H and O–H groups in total. The Bertz CT molecular complexity index is 1150. The van der Waals surface area contributed by atoms with Crippen molar-refractivity contribution in [2.75, 3.05) is 24.6 Å².